The average molecular weight is 542 g/mol. The van der Waals surface area contributed by atoms with E-state index in [0.29, 0.717) is 56.5 Å². The van der Waals surface area contributed by atoms with Crippen LogP contribution in [-0.4, -0.2) is 71.8 Å². The van der Waals surface area contributed by atoms with Crippen LogP contribution in [0.2, 0.25) is 0 Å². The van der Waals surface area contributed by atoms with E-state index >= 15 is 0 Å². The van der Waals surface area contributed by atoms with E-state index in [4.69, 9.17) is 32.6 Å². The number of carbonyl (C=O) groups excluding carboxylic acids is 1. The van der Waals surface area contributed by atoms with E-state index in [1.807, 2.05) is 27.7 Å². The van der Waals surface area contributed by atoms with Crippen LogP contribution >= 0.6 is 0 Å². The number of nitrogens with one attached hydrogen (secondary N) is 1. The summed E-state index contributed by atoms with van der Waals surface area (Å²) in [7, 11) is -1.53. The van der Waals surface area contributed by atoms with E-state index in [1.54, 1.807) is 25.3 Å². The van der Waals surface area contributed by atoms with Crippen LogP contribution in [0.5, 0.6) is 11.5 Å². The van der Waals surface area contributed by atoms with Crippen LogP contribution in [0.4, 0.5) is 4.79 Å². The van der Waals surface area contributed by atoms with Gasteiger partial charge in [-0.3, -0.25) is 0 Å². The molecule has 0 fully saturated rings. The molecule has 0 radical (unpaired) electrons. The molecule has 1 unspecified atom stereocenters. The summed E-state index contributed by atoms with van der Waals surface area (Å²) in [5.41, 5.74) is 0.332. The molecule has 0 heterocycles. The number of carbonyl (C=O) groups is 2. The Morgan fingerprint density at radius 1 is 0.946 bits per heavy atom. The number of alkyl carbamates (subject to hydrolysis) is 1. The zero-order valence-corrected chi connectivity index (χ0v) is 23.7. The fraction of sp³-hybridized carbons (Fsp3) is 0.615. The predicted molar refractivity (Wildman–Crippen MR) is 143 cm³/mol. The second-order valence-electron chi connectivity index (χ2n) is 7.99. The number of methoxy groups -OCH3 is 1. The Kier molecular flexibility index (Phi) is 16.3. The molecule has 37 heavy (non-hydrogen) atoms. The number of hydrogen-bond donors (Lipinski definition) is 2. The van der Waals surface area contributed by atoms with Crippen LogP contribution < -0.4 is 14.8 Å². The number of ether oxygens (including phenoxy) is 3. The summed E-state index contributed by atoms with van der Waals surface area (Å²) in [6.07, 6.45) is 6.05. The maximum absolute atomic E-state index is 12.4. The van der Waals surface area contributed by atoms with E-state index in [-0.39, 0.29) is 5.67 Å². The number of hydrogen-bond acceptors (Lipinski definition) is 8. The van der Waals surface area contributed by atoms with Crippen LogP contribution in [0.1, 0.15) is 65.4 Å². The van der Waals surface area contributed by atoms with E-state index in [2.05, 4.69) is 5.32 Å². The Hall–Kier alpha value is -2.60. The number of rotatable bonds is 20. The molecule has 0 saturated heterocycles. The summed E-state index contributed by atoms with van der Waals surface area (Å²) in [6.45, 7) is 9.72. The fourth-order valence-corrected chi connectivity index (χ4v) is 6.49. The predicted octanol–water partition coefficient (Wildman–Crippen LogP) is 4.82. The van der Waals surface area contributed by atoms with Crippen molar-refractivity contribution in [3.8, 4) is 11.5 Å². The lowest BCUT2D eigenvalue weighted by molar-refractivity contribution is -0.131. The van der Waals surface area contributed by atoms with Gasteiger partial charge in [0.2, 0.25) is 0 Å². The van der Waals surface area contributed by atoms with Gasteiger partial charge in [-0.25, -0.2) is 9.59 Å². The van der Waals surface area contributed by atoms with Gasteiger partial charge in [-0.1, -0.05) is 13.0 Å². The molecule has 1 aromatic rings. The number of aliphatic carboxylic acids is 1. The van der Waals surface area contributed by atoms with Gasteiger partial charge < -0.3 is 37.9 Å². The van der Waals surface area contributed by atoms with E-state index < -0.39 is 20.9 Å². The highest BCUT2D eigenvalue weighted by Gasteiger charge is 2.49. The third kappa shape index (κ3) is 12.0. The molecule has 0 aliphatic heterocycles. The van der Waals surface area contributed by atoms with Crippen molar-refractivity contribution in [2.75, 3.05) is 40.1 Å². The Balaban J connectivity index is 2.37. The molecular weight excluding hydrogens is 498 g/mol. The Morgan fingerprint density at radius 3 is 2.11 bits per heavy atom. The summed E-state index contributed by atoms with van der Waals surface area (Å²) < 4.78 is 34.2. The molecule has 0 aromatic heterocycles. The van der Waals surface area contributed by atoms with Gasteiger partial charge in [0, 0.05) is 25.9 Å². The Morgan fingerprint density at radius 2 is 1.57 bits per heavy atom. The Bertz CT molecular complexity index is 817. The van der Waals surface area contributed by atoms with Gasteiger partial charge in [0.25, 0.3) is 0 Å². The van der Waals surface area contributed by atoms with Gasteiger partial charge in [-0.15, -0.1) is 0 Å². The van der Waals surface area contributed by atoms with Gasteiger partial charge in [0.1, 0.15) is 5.67 Å². The molecule has 1 aromatic carbocycles. The zero-order valence-electron chi connectivity index (χ0n) is 22.7. The van der Waals surface area contributed by atoms with Gasteiger partial charge in [0.15, 0.2) is 11.5 Å². The van der Waals surface area contributed by atoms with Crippen molar-refractivity contribution >= 4 is 26.9 Å². The van der Waals surface area contributed by atoms with E-state index in [1.165, 1.54) is 6.08 Å². The first-order chi connectivity index (χ1) is 17.8. The molecule has 0 bridgehead atoms. The van der Waals surface area contributed by atoms with Gasteiger partial charge in [0.05, 0.1) is 20.3 Å². The fourth-order valence-electron chi connectivity index (χ4n) is 3.63. The third-order valence-corrected chi connectivity index (χ3v) is 8.78. The van der Waals surface area contributed by atoms with Crippen molar-refractivity contribution in [3.05, 3.63) is 29.8 Å². The van der Waals surface area contributed by atoms with Gasteiger partial charge in [-0.05, 0) is 76.6 Å². The molecule has 1 amide bonds. The molecule has 0 aliphatic carbocycles. The Labute approximate surface area is 221 Å². The number of carboxylic acid groups (broad SMARTS) is 1. The summed E-state index contributed by atoms with van der Waals surface area (Å²) in [4.78, 5) is 23.0. The first kappa shape index (κ1) is 32.4. The third-order valence-electron chi connectivity index (χ3n) is 5.30. The molecule has 10 nitrogen and oxygen atoms in total. The van der Waals surface area contributed by atoms with Crippen molar-refractivity contribution in [1.82, 2.24) is 5.32 Å². The molecule has 210 valence electrons. The highest BCUT2D eigenvalue weighted by Crippen LogP contribution is 2.29. The largest absolute Gasteiger partial charge is 0.524 e. The average Bonchev–Trinajstić information content (AvgIpc) is 2.88. The topological polar surface area (TPSA) is 122 Å². The second-order valence-corrected chi connectivity index (χ2v) is 10.8. The van der Waals surface area contributed by atoms with Crippen molar-refractivity contribution in [1.29, 1.82) is 0 Å². The van der Waals surface area contributed by atoms with E-state index in [0.717, 1.165) is 31.8 Å². The van der Waals surface area contributed by atoms with Crippen molar-refractivity contribution < 1.29 is 42.2 Å². The van der Waals surface area contributed by atoms with Gasteiger partial charge >= 0.3 is 20.9 Å². The summed E-state index contributed by atoms with van der Waals surface area (Å²) >= 11 is 0. The van der Waals surface area contributed by atoms with Crippen LogP contribution in [0.25, 0.3) is 6.08 Å². The minimum Gasteiger partial charge on any atom is -0.493 e. The van der Waals surface area contributed by atoms with Gasteiger partial charge in [-0.2, -0.15) is 0 Å². The number of unbranched alkanes of at least 4 members (excludes halogenated alkanes) is 3. The molecule has 0 saturated carbocycles. The summed E-state index contributed by atoms with van der Waals surface area (Å²) in [5, 5.41) is 11.6. The normalized spacial score (nSPS) is 12.4. The monoisotopic (exact) mass is 541 g/mol. The van der Waals surface area contributed by atoms with Crippen LogP contribution in [0.15, 0.2) is 24.3 Å². The van der Waals surface area contributed by atoms with Crippen molar-refractivity contribution in [2.24, 2.45) is 0 Å². The quantitative estimate of drug-likeness (QED) is 0.136. The van der Waals surface area contributed by atoms with Crippen LogP contribution in [-0.2, 0) is 22.8 Å². The minimum absolute atomic E-state index is 0.314. The highest BCUT2D eigenvalue weighted by molar-refractivity contribution is 6.62. The lowest BCUT2D eigenvalue weighted by atomic mass is 10.2. The maximum Gasteiger partial charge on any atom is 0.524 e. The standard InChI is InChI=1S/C26H43NO9Si/c1-6-24(37(34-7-2,35-8-3)36-9-4)27-26(30)33-19-13-11-10-12-18-32-22-16-14-21(15-17-25(28)29)20-23(22)31-5/h14-17,20,24H,6-13,18-19H2,1-5H3,(H,27,30)(H,28,29)/b17-15+. The zero-order chi connectivity index (χ0) is 27.5. The molecule has 2 N–H and O–H groups in total. The lowest BCUT2D eigenvalue weighted by Gasteiger charge is -2.34. The summed E-state index contributed by atoms with van der Waals surface area (Å²) in [5.74, 6) is 0.137. The molecular formula is C26H43NO9Si. The number of benzene rings is 1. The smallest absolute Gasteiger partial charge is 0.493 e. The molecule has 0 spiro atoms. The number of amides is 1. The van der Waals surface area contributed by atoms with Crippen molar-refractivity contribution in [3.63, 3.8) is 0 Å². The SMILES string of the molecule is CCO[Si](OCC)(OCC)C(CC)NC(=O)OCCCCCCOc1ccc(/C=C/C(=O)O)cc1OC. The molecule has 0 aliphatic rings. The highest BCUT2D eigenvalue weighted by atomic mass is 28.4. The number of carboxylic acids is 1. The second kappa shape index (κ2) is 18.6. The molecule has 1 rings (SSSR count). The van der Waals surface area contributed by atoms with Crippen molar-refractivity contribution in [2.45, 2.75) is 65.5 Å². The molecule has 11 heteroatoms. The first-order valence-corrected chi connectivity index (χ1v) is 14.7. The minimum atomic E-state index is -3.07. The van der Waals surface area contributed by atoms with Crippen LogP contribution in [0, 0.1) is 0 Å². The van der Waals surface area contributed by atoms with Crippen LogP contribution in [0.3, 0.4) is 0 Å². The summed E-state index contributed by atoms with van der Waals surface area (Å²) in [6, 6.07) is 5.26. The first-order valence-electron chi connectivity index (χ1n) is 12.9. The van der Waals surface area contributed by atoms with E-state index in [9.17, 15) is 9.59 Å². The lowest BCUT2D eigenvalue weighted by Crippen LogP contribution is -2.62. The maximum atomic E-state index is 12.4. The molecule has 1 atom stereocenters.